The van der Waals surface area contributed by atoms with Crippen LogP contribution in [0.1, 0.15) is 24.9 Å². The van der Waals surface area contributed by atoms with E-state index >= 15 is 0 Å². The van der Waals surface area contributed by atoms with Crippen LogP contribution in [-0.4, -0.2) is 39.9 Å². The lowest BCUT2D eigenvalue weighted by atomic mass is 10.1. The Bertz CT molecular complexity index is 409. The first kappa shape index (κ1) is 16.5. The number of rotatable bonds is 9. The van der Waals surface area contributed by atoms with Crippen molar-refractivity contribution in [2.45, 2.75) is 19.4 Å². The highest BCUT2D eigenvalue weighted by Crippen LogP contribution is 2.20. The zero-order chi connectivity index (χ0) is 14.8. The molecule has 5 heteroatoms. The van der Waals surface area contributed by atoms with Crippen molar-refractivity contribution in [3.05, 3.63) is 29.8 Å². The monoisotopic (exact) mass is 281 g/mol. The van der Waals surface area contributed by atoms with Crippen molar-refractivity contribution in [2.24, 2.45) is 0 Å². The van der Waals surface area contributed by atoms with Crippen molar-refractivity contribution in [3.8, 4) is 5.75 Å². The minimum Gasteiger partial charge on any atom is -0.494 e. The van der Waals surface area contributed by atoms with Crippen LogP contribution < -0.4 is 10.1 Å². The van der Waals surface area contributed by atoms with E-state index in [1.165, 1.54) is 7.11 Å². The summed E-state index contributed by atoms with van der Waals surface area (Å²) in [4.78, 5) is 11.9. The van der Waals surface area contributed by atoms with Gasteiger partial charge in [-0.1, -0.05) is 19.1 Å². The fourth-order valence-corrected chi connectivity index (χ4v) is 1.76. The lowest BCUT2D eigenvalue weighted by Gasteiger charge is -2.17. The molecule has 1 aromatic rings. The second-order valence-corrected chi connectivity index (χ2v) is 4.32. The second kappa shape index (κ2) is 9.34. The molecule has 1 aromatic carbocycles. The van der Waals surface area contributed by atoms with Crippen LogP contribution in [-0.2, 0) is 14.3 Å². The Morgan fingerprint density at radius 2 is 2.10 bits per heavy atom. The van der Waals surface area contributed by atoms with E-state index in [4.69, 9.17) is 14.2 Å². The van der Waals surface area contributed by atoms with Crippen molar-refractivity contribution < 1.29 is 19.0 Å². The summed E-state index contributed by atoms with van der Waals surface area (Å²) in [6.07, 6.45) is 0.941. The number of benzene rings is 1. The second-order valence-electron chi connectivity index (χ2n) is 4.32. The van der Waals surface area contributed by atoms with Crippen molar-refractivity contribution in [2.75, 3.05) is 34.0 Å². The topological polar surface area (TPSA) is 56.8 Å². The Labute approximate surface area is 120 Å². The molecule has 0 fully saturated rings. The lowest BCUT2D eigenvalue weighted by molar-refractivity contribution is -0.143. The first-order valence-electron chi connectivity index (χ1n) is 6.75. The number of carbonyl (C=O) groups excluding carboxylic acids is 1. The van der Waals surface area contributed by atoms with E-state index in [-0.39, 0.29) is 5.97 Å². The van der Waals surface area contributed by atoms with Gasteiger partial charge >= 0.3 is 5.97 Å². The molecule has 0 bridgehead atoms. The standard InChI is InChI=1S/C15H23NO4/c1-4-9-20-13-7-5-6-12(11-13)14(15(17)19-3)16-8-10-18-2/h5-7,11,14,16H,4,8-10H2,1-3H3. The van der Waals surface area contributed by atoms with E-state index in [2.05, 4.69) is 5.32 Å². The Kier molecular flexibility index (Phi) is 7.69. The highest BCUT2D eigenvalue weighted by molar-refractivity contribution is 5.77. The quantitative estimate of drug-likeness (QED) is 0.553. The Morgan fingerprint density at radius 3 is 2.75 bits per heavy atom. The van der Waals surface area contributed by atoms with Gasteiger partial charge in [-0.2, -0.15) is 0 Å². The molecule has 112 valence electrons. The largest absolute Gasteiger partial charge is 0.494 e. The molecule has 0 aliphatic heterocycles. The van der Waals surface area contributed by atoms with E-state index in [1.54, 1.807) is 7.11 Å². The number of methoxy groups -OCH3 is 2. The van der Waals surface area contributed by atoms with Crippen molar-refractivity contribution in [1.29, 1.82) is 0 Å². The molecule has 0 aromatic heterocycles. The average molecular weight is 281 g/mol. The first-order valence-corrected chi connectivity index (χ1v) is 6.75. The number of hydrogen-bond acceptors (Lipinski definition) is 5. The van der Waals surface area contributed by atoms with Crippen LogP contribution in [0.25, 0.3) is 0 Å². The highest BCUT2D eigenvalue weighted by Gasteiger charge is 2.21. The molecular formula is C15H23NO4. The fourth-order valence-electron chi connectivity index (χ4n) is 1.76. The van der Waals surface area contributed by atoms with E-state index in [0.717, 1.165) is 17.7 Å². The first-order chi connectivity index (χ1) is 9.72. The molecule has 1 rings (SSSR count). The molecule has 20 heavy (non-hydrogen) atoms. The minimum absolute atomic E-state index is 0.325. The summed E-state index contributed by atoms with van der Waals surface area (Å²) >= 11 is 0. The summed E-state index contributed by atoms with van der Waals surface area (Å²) in [5.74, 6) is 0.431. The molecule has 1 atom stereocenters. The van der Waals surface area contributed by atoms with Crippen LogP contribution in [0.2, 0.25) is 0 Å². The van der Waals surface area contributed by atoms with Crippen LogP contribution >= 0.6 is 0 Å². The fraction of sp³-hybridized carbons (Fsp3) is 0.533. The summed E-state index contributed by atoms with van der Waals surface area (Å²) < 4.78 is 15.4. The zero-order valence-electron chi connectivity index (χ0n) is 12.3. The van der Waals surface area contributed by atoms with Gasteiger partial charge in [0.15, 0.2) is 0 Å². The van der Waals surface area contributed by atoms with E-state index in [1.807, 2.05) is 31.2 Å². The van der Waals surface area contributed by atoms with Crippen molar-refractivity contribution in [1.82, 2.24) is 5.32 Å². The third-order valence-corrected chi connectivity index (χ3v) is 2.76. The van der Waals surface area contributed by atoms with E-state index < -0.39 is 6.04 Å². The van der Waals surface area contributed by atoms with E-state index in [9.17, 15) is 4.79 Å². The van der Waals surface area contributed by atoms with Crippen molar-refractivity contribution >= 4 is 5.97 Å². The van der Waals surface area contributed by atoms with Crippen LogP contribution in [0.15, 0.2) is 24.3 Å². The van der Waals surface area contributed by atoms with Crippen LogP contribution in [0.3, 0.4) is 0 Å². The normalized spacial score (nSPS) is 11.9. The summed E-state index contributed by atoms with van der Waals surface area (Å²) in [6, 6.07) is 6.97. The lowest BCUT2D eigenvalue weighted by Crippen LogP contribution is -2.32. The van der Waals surface area contributed by atoms with Crippen LogP contribution in [0.4, 0.5) is 0 Å². The molecule has 0 radical (unpaired) electrons. The predicted molar refractivity (Wildman–Crippen MR) is 76.9 cm³/mol. The van der Waals surface area contributed by atoms with Gasteiger partial charge in [0.2, 0.25) is 0 Å². The molecule has 0 saturated heterocycles. The third-order valence-electron chi connectivity index (χ3n) is 2.76. The van der Waals surface area contributed by atoms with Gasteiger partial charge in [0.05, 0.1) is 20.3 Å². The molecule has 0 amide bonds. The smallest absolute Gasteiger partial charge is 0.327 e. The molecular weight excluding hydrogens is 258 g/mol. The third kappa shape index (κ3) is 5.19. The summed E-state index contributed by atoms with van der Waals surface area (Å²) in [5, 5.41) is 3.12. The van der Waals surface area contributed by atoms with Crippen molar-refractivity contribution in [3.63, 3.8) is 0 Å². The van der Waals surface area contributed by atoms with Gasteiger partial charge in [0, 0.05) is 13.7 Å². The van der Waals surface area contributed by atoms with Crippen LogP contribution in [0, 0.1) is 0 Å². The number of carbonyl (C=O) groups is 1. The molecule has 0 heterocycles. The molecule has 0 saturated carbocycles. The maximum atomic E-state index is 11.9. The van der Waals surface area contributed by atoms with Gasteiger partial charge in [-0.15, -0.1) is 0 Å². The number of esters is 1. The molecule has 1 N–H and O–H groups in total. The molecule has 1 unspecified atom stereocenters. The summed E-state index contributed by atoms with van der Waals surface area (Å²) in [5.41, 5.74) is 0.821. The van der Waals surface area contributed by atoms with Gasteiger partial charge in [0.1, 0.15) is 11.8 Å². The number of hydrogen-bond donors (Lipinski definition) is 1. The maximum absolute atomic E-state index is 11.9. The molecule has 0 aliphatic rings. The van der Waals surface area contributed by atoms with Gasteiger partial charge < -0.3 is 14.2 Å². The predicted octanol–water partition coefficient (Wildman–Crippen LogP) is 1.93. The Morgan fingerprint density at radius 1 is 1.30 bits per heavy atom. The maximum Gasteiger partial charge on any atom is 0.327 e. The minimum atomic E-state index is -0.514. The molecule has 5 nitrogen and oxygen atoms in total. The molecule has 0 spiro atoms. The summed E-state index contributed by atoms with van der Waals surface area (Å²) in [6.45, 7) is 3.80. The Balaban J connectivity index is 2.80. The number of nitrogens with one attached hydrogen (secondary N) is 1. The van der Waals surface area contributed by atoms with Crippen LogP contribution in [0.5, 0.6) is 5.75 Å². The Hall–Kier alpha value is -1.59. The average Bonchev–Trinajstić information content (AvgIpc) is 2.49. The summed E-state index contributed by atoms with van der Waals surface area (Å²) in [7, 11) is 3.00. The SMILES string of the molecule is CCCOc1cccc(C(NCCOC)C(=O)OC)c1. The van der Waals surface area contributed by atoms with Gasteiger partial charge in [-0.05, 0) is 24.1 Å². The number of ether oxygens (including phenoxy) is 3. The molecule has 0 aliphatic carbocycles. The van der Waals surface area contributed by atoms with Gasteiger partial charge in [-0.25, -0.2) is 4.79 Å². The van der Waals surface area contributed by atoms with Gasteiger partial charge in [-0.3, -0.25) is 5.32 Å². The van der Waals surface area contributed by atoms with Gasteiger partial charge in [0.25, 0.3) is 0 Å². The highest BCUT2D eigenvalue weighted by atomic mass is 16.5. The zero-order valence-corrected chi connectivity index (χ0v) is 12.3. The van der Waals surface area contributed by atoms with E-state index in [0.29, 0.717) is 19.8 Å².